The van der Waals surface area contributed by atoms with Gasteiger partial charge in [-0.1, -0.05) is 27.7 Å². The van der Waals surface area contributed by atoms with Crippen LogP contribution in [0.2, 0.25) is 0 Å². The fraction of sp³-hybridized carbons (Fsp3) is 1.00. The van der Waals surface area contributed by atoms with Gasteiger partial charge in [0.2, 0.25) is 0 Å². The first-order chi connectivity index (χ1) is 8.56. The Balaban J connectivity index is 2.27. The zero-order chi connectivity index (χ0) is 13.5. The minimum absolute atomic E-state index is 0.618. The van der Waals surface area contributed by atoms with Gasteiger partial charge in [-0.05, 0) is 45.4 Å². The van der Waals surface area contributed by atoms with Crippen LogP contribution in [0.3, 0.4) is 0 Å². The summed E-state index contributed by atoms with van der Waals surface area (Å²) in [5.74, 6) is 0.853. The second-order valence-electron chi connectivity index (χ2n) is 6.05. The average molecular weight is 255 g/mol. The van der Waals surface area contributed by atoms with Crippen LogP contribution in [-0.2, 0) is 0 Å². The molecule has 0 spiro atoms. The number of hydrogen-bond acceptors (Lipinski definition) is 3. The lowest BCUT2D eigenvalue weighted by molar-refractivity contribution is 0.176. The minimum atomic E-state index is 0.618. The Morgan fingerprint density at radius 2 is 1.89 bits per heavy atom. The Bertz CT molecular complexity index is 214. The van der Waals surface area contributed by atoms with E-state index in [1.165, 1.54) is 45.7 Å². The van der Waals surface area contributed by atoms with E-state index < -0.39 is 0 Å². The first kappa shape index (κ1) is 15.9. The summed E-state index contributed by atoms with van der Waals surface area (Å²) in [6.45, 7) is 18.7. The Kier molecular flexibility index (Phi) is 7.20. The average Bonchev–Trinajstić information content (AvgIpc) is 2.82. The second kappa shape index (κ2) is 8.13. The molecular formula is C15H33N3. The van der Waals surface area contributed by atoms with Gasteiger partial charge in [-0.25, -0.2) is 0 Å². The number of nitrogens with zero attached hydrogens (tertiary/aromatic N) is 2. The molecule has 0 aromatic heterocycles. The van der Waals surface area contributed by atoms with Gasteiger partial charge in [0.25, 0.3) is 0 Å². The van der Waals surface area contributed by atoms with Gasteiger partial charge in [-0.3, -0.25) is 4.90 Å². The van der Waals surface area contributed by atoms with E-state index in [1.54, 1.807) is 0 Å². The largest absolute Gasteiger partial charge is 0.314 e. The Hall–Kier alpha value is -0.120. The Morgan fingerprint density at radius 3 is 2.44 bits per heavy atom. The summed E-state index contributed by atoms with van der Waals surface area (Å²) >= 11 is 0. The zero-order valence-corrected chi connectivity index (χ0v) is 13.1. The molecule has 1 aliphatic heterocycles. The van der Waals surface area contributed by atoms with Crippen LogP contribution in [0, 0.1) is 5.92 Å². The molecule has 0 saturated carbocycles. The summed E-state index contributed by atoms with van der Waals surface area (Å²) in [5.41, 5.74) is 0. The molecular weight excluding hydrogens is 222 g/mol. The van der Waals surface area contributed by atoms with Crippen molar-refractivity contribution in [1.82, 2.24) is 15.1 Å². The van der Waals surface area contributed by atoms with Gasteiger partial charge >= 0.3 is 0 Å². The number of hydrogen-bond donors (Lipinski definition) is 1. The van der Waals surface area contributed by atoms with E-state index in [9.17, 15) is 0 Å². The van der Waals surface area contributed by atoms with Crippen molar-refractivity contribution in [2.45, 2.75) is 53.1 Å². The van der Waals surface area contributed by atoms with Gasteiger partial charge in [0.05, 0.1) is 0 Å². The van der Waals surface area contributed by atoms with Crippen molar-refractivity contribution < 1.29 is 0 Å². The molecule has 1 fully saturated rings. The molecule has 18 heavy (non-hydrogen) atoms. The van der Waals surface area contributed by atoms with Gasteiger partial charge in [0, 0.05) is 25.2 Å². The van der Waals surface area contributed by atoms with Crippen LogP contribution in [0.1, 0.15) is 41.0 Å². The molecule has 108 valence electrons. The molecule has 1 rings (SSSR count). The number of nitrogens with one attached hydrogen (secondary N) is 1. The summed E-state index contributed by atoms with van der Waals surface area (Å²) < 4.78 is 0. The van der Waals surface area contributed by atoms with Crippen LogP contribution in [0.4, 0.5) is 0 Å². The van der Waals surface area contributed by atoms with E-state index in [0.717, 1.165) is 5.92 Å². The molecule has 1 N–H and O–H groups in total. The highest BCUT2D eigenvalue weighted by molar-refractivity contribution is 4.82. The normalized spacial score (nSPS) is 23.2. The first-order valence-corrected chi connectivity index (χ1v) is 7.76. The third kappa shape index (κ3) is 5.25. The van der Waals surface area contributed by atoms with Crippen molar-refractivity contribution in [3.63, 3.8) is 0 Å². The maximum Gasteiger partial charge on any atom is 0.0195 e. The lowest BCUT2D eigenvalue weighted by Gasteiger charge is -2.29. The van der Waals surface area contributed by atoms with Crippen molar-refractivity contribution in [2.75, 3.05) is 39.3 Å². The van der Waals surface area contributed by atoms with Crippen molar-refractivity contribution >= 4 is 0 Å². The summed E-state index contributed by atoms with van der Waals surface area (Å²) in [6, 6.07) is 1.32. The molecule has 0 aromatic rings. The second-order valence-corrected chi connectivity index (χ2v) is 6.05. The van der Waals surface area contributed by atoms with E-state index in [-0.39, 0.29) is 0 Å². The first-order valence-electron chi connectivity index (χ1n) is 7.76. The lowest BCUT2D eigenvalue weighted by Crippen LogP contribution is -2.41. The molecule has 1 saturated heterocycles. The van der Waals surface area contributed by atoms with E-state index in [4.69, 9.17) is 0 Å². The monoisotopic (exact) mass is 255 g/mol. The smallest absolute Gasteiger partial charge is 0.0195 e. The highest BCUT2D eigenvalue weighted by Crippen LogP contribution is 2.18. The predicted molar refractivity (Wildman–Crippen MR) is 80.1 cm³/mol. The van der Waals surface area contributed by atoms with Gasteiger partial charge in [-0.15, -0.1) is 0 Å². The SMILES string of the molecule is CCN(CC)CC(C)N1CCC(CNC(C)C)C1. The van der Waals surface area contributed by atoms with Gasteiger partial charge in [0.1, 0.15) is 0 Å². The summed E-state index contributed by atoms with van der Waals surface area (Å²) in [7, 11) is 0. The number of likely N-dealkylation sites (N-methyl/N-ethyl adjacent to an activating group) is 1. The van der Waals surface area contributed by atoms with Crippen molar-refractivity contribution in [2.24, 2.45) is 5.92 Å². The van der Waals surface area contributed by atoms with Gasteiger partial charge in [0.15, 0.2) is 0 Å². The number of likely N-dealkylation sites (tertiary alicyclic amines) is 1. The van der Waals surface area contributed by atoms with Crippen molar-refractivity contribution in [1.29, 1.82) is 0 Å². The maximum atomic E-state index is 3.57. The fourth-order valence-electron chi connectivity index (χ4n) is 2.80. The Morgan fingerprint density at radius 1 is 1.22 bits per heavy atom. The van der Waals surface area contributed by atoms with E-state index in [0.29, 0.717) is 12.1 Å². The van der Waals surface area contributed by atoms with E-state index in [2.05, 4.69) is 49.7 Å². The Labute approximate surface area is 114 Å². The standard InChI is InChI=1S/C15H33N3/c1-6-17(7-2)11-14(5)18-9-8-15(12-18)10-16-13(3)4/h13-16H,6-12H2,1-5H3. The fourth-order valence-corrected chi connectivity index (χ4v) is 2.80. The quantitative estimate of drug-likeness (QED) is 0.716. The molecule has 0 bridgehead atoms. The predicted octanol–water partition coefficient (Wildman–Crippen LogP) is 2.04. The number of rotatable bonds is 8. The van der Waals surface area contributed by atoms with Crippen LogP contribution < -0.4 is 5.32 Å². The maximum absolute atomic E-state index is 3.57. The molecule has 2 unspecified atom stereocenters. The molecule has 1 aliphatic rings. The van der Waals surface area contributed by atoms with Crippen LogP contribution in [0.15, 0.2) is 0 Å². The van der Waals surface area contributed by atoms with Crippen LogP contribution in [0.5, 0.6) is 0 Å². The van der Waals surface area contributed by atoms with Gasteiger partial charge < -0.3 is 10.2 Å². The van der Waals surface area contributed by atoms with Crippen molar-refractivity contribution in [3.8, 4) is 0 Å². The third-order valence-electron chi connectivity index (χ3n) is 4.17. The molecule has 2 atom stereocenters. The van der Waals surface area contributed by atoms with Gasteiger partial charge in [-0.2, -0.15) is 0 Å². The molecule has 0 aliphatic carbocycles. The molecule has 0 radical (unpaired) electrons. The molecule has 3 heteroatoms. The highest BCUT2D eigenvalue weighted by atomic mass is 15.2. The highest BCUT2D eigenvalue weighted by Gasteiger charge is 2.26. The third-order valence-corrected chi connectivity index (χ3v) is 4.17. The van der Waals surface area contributed by atoms with Crippen LogP contribution >= 0.6 is 0 Å². The topological polar surface area (TPSA) is 18.5 Å². The van der Waals surface area contributed by atoms with E-state index in [1.807, 2.05) is 0 Å². The molecule has 3 nitrogen and oxygen atoms in total. The van der Waals surface area contributed by atoms with Crippen LogP contribution in [0.25, 0.3) is 0 Å². The lowest BCUT2D eigenvalue weighted by atomic mass is 10.1. The van der Waals surface area contributed by atoms with E-state index >= 15 is 0 Å². The summed E-state index contributed by atoms with van der Waals surface area (Å²) in [6.07, 6.45) is 1.36. The zero-order valence-electron chi connectivity index (χ0n) is 13.1. The summed E-state index contributed by atoms with van der Waals surface area (Å²) in [4.78, 5) is 5.20. The van der Waals surface area contributed by atoms with Crippen LogP contribution in [-0.4, -0.2) is 61.2 Å². The molecule has 0 aromatic carbocycles. The minimum Gasteiger partial charge on any atom is -0.314 e. The summed E-state index contributed by atoms with van der Waals surface area (Å²) in [5, 5.41) is 3.57. The molecule has 1 heterocycles. The molecule has 0 amide bonds. The van der Waals surface area contributed by atoms with Crippen molar-refractivity contribution in [3.05, 3.63) is 0 Å².